The highest BCUT2D eigenvalue weighted by Gasteiger charge is 2.39. The van der Waals surface area contributed by atoms with Crippen molar-refractivity contribution in [1.82, 2.24) is 10.2 Å². The van der Waals surface area contributed by atoms with E-state index >= 15 is 0 Å². The first-order chi connectivity index (χ1) is 17.1. The molecule has 0 bridgehead atoms. The molecule has 3 amide bonds. The standard InChI is InChI=1S/C28H38ClN3O5/c1-16(2)22(31-27(36)37-28(6,7)8)26(35)32(17(3)4)24(19-12-14-20(33)15-13-19)25(34)30-23-18(5)10-9-11-21(23)29/h9-17,22,24,33H,1-8H3,(H,30,34)(H,31,36). The normalized spacial score (nSPS) is 13.2. The lowest BCUT2D eigenvalue weighted by molar-refractivity contribution is -0.143. The molecule has 0 aliphatic carbocycles. The van der Waals surface area contributed by atoms with E-state index in [-0.39, 0.29) is 11.7 Å². The lowest BCUT2D eigenvalue weighted by atomic mass is 9.97. The summed E-state index contributed by atoms with van der Waals surface area (Å²) in [6, 6.07) is 8.91. The number of carbonyl (C=O) groups is 3. The Balaban J connectivity index is 2.54. The van der Waals surface area contributed by atoms with Gasteiger partial charge in [-0.2, -0.15) is 0 Å². The van der Waals surface area contributed by atoms with E-state index < -0.39 is 41.6 Å². The van der Waals surface area contributed by atoms with Crippen molar-refractivity contribution in [2.75, 3.05) is 5.32 Å². The number of hydrogen-bond acceptors (Lipinski definition) is 5. The van der Waals surface area contributed by atoms with Crippen LogP contribution in [0.25, 0.3) is 0 Å². The van der Waals surface area contributed by atoms with Gasteiger partial charge in [0.1, 0.15) is 23.4 Å². The summed E-state index contributed by atoms with van der Waals surface area (Å²) in [7, 11) is 0. The molecule has 0 heterocycles. The monoisotopic (exact) mass is 531 g/mol. The SMILES string of the molecule is Cc1cccc(Cl)c1NC(=O)C(c1ccc(O)cc1)N(C(=O)C(NC(=O)OC(C)(C)C)C(C)C)C(C)C. The Morgan fingerprint density at radius 3 is 2.08 bits per heavy atom. The molecule has 2 aromatic carbocycles. The topological polar surface area (TPSA) is 108 Å². The van der Waals surface area contributed by atoms with Crippen LogP contribution >= 0.6 is 11.6 Å². The maximum Gasteiger partial charge on any atom is 0.408 e. The number of ether oxygens (including phenoxy) is 1. The van der Waals surface area contributed by atoms with Gasteiger partial charge < -0.3 is 25.4 Å². The minimum Gasteiger partial charge on any atom is -0.508 e. The summed E-state index contributed by atoms with van der Waals surface area (Å²) in [6.45, 7) is 14.2. The quantitative estimate of drug-likeness (QED) is 0.398. The van der Waals surface area contributed by atoms with E-state index in [4.69, 9.17) is 16.3 Å². The number of nitrogens with zero attached hydrogens (tertiary/aromatic N) is 1. The van der Waals surface area contributed by atoms with Gasteiger partial charge >= 0.3 is 6.09 Å². The number of aryl methyl sites for hydroxylation is 1. The van der Waals surface area contributed by atoms with E-state index in [2.05, 4.69) is 10.6 Å². The van der Waals surface area contributed by atoms with Gasteiger partial charge in [0.2, 0.25) is 5.91 Å². The highest BCUT2D eigenvalue weighted by Crippen LogP contribution is 2.31. The second-order valence-corrected chi connectivity index (χ2v) is 11.0. The molecule has 0 saturated carbocycles. The third kappa shape index (κ3) is 8.12. The van der Waals surface area contributed by atoms with Crippen LogP contribution < -0.4 is 10.6 Å². The molecule has 0 aromatic heterocycles. The first-order valence-corrected chi connectivity index (χ1v) is 12.7. The molecule has 2 rings (SSSR count). The maximum absolute atomic E-state index is 14.0. The fourth-order valence-electron chi connectivity index (χ4n) is 3.87. The molecule has 0 spiro atoms. The van der Waals surface area contributed by atoms with E-state index in [1.807, 2.05) is 13.0 Å². The molecule has 2 unspecified atom stereocenters. The zero-order valence-electron chi connectivity index (χ0n) is 22.8. The Kier molecular flexibility index (Phi) is 9.98. The number of halogens is 1. The lowest BCUT2D eigenvalue weighted by Crippen LogP contribution is -2.56. The Morgan fingerprint density at radius 1 is 1.00 bits per heavy atom. The number of para-hydroxylation sites is 1. The summed E-state index contributed by atoms with van der Waals surface area (Å²) in [5.41, 5.74) is 0.954. The van der Waals surface area contributed by atoms with Crippen LogP contribution in [-0.4, -0.2) is 45.6 Å². The number of benzene rings is 2. The second-order valence-electron chi connectivity index (χ2n) is 10.6. The summed E-state index contributed by atoms with van der Waals surface area (Å²) >= 11 is 6.36. The van der Waals surface area contributed by atoms with Gasteiger partial charge in [-0.25, -0.2) is 4.79 Å². The molecular weight excluding hydrogens is 494 g/mol. The predicted molar refractivity (Wildman–Crippen MR) is 146 cm³/mol. The summed E-state index contributed by atoms with van der Waals surface area (Å²) in [4.78, 5) is 41.8. The number of nitrogens with one attached hydrogen (secondary N) is 2. The van der Waals surface area contributed by atoms with Crippen LogP contribution in [0.15, 0.2) is 42.5 Å². The highest BCUT2D eigenvalue weighted by atomic mass is 35.5. The number of hydrogen-bond donors (Lipinski definition) is 3. The van der Waals surface area contributed by atoms with Crippen LogP contribution in [-0.2, 0) is 14.3 Å². The van der Waals surface area contributed by atoms with Gasteiger partial charge in [-0.1, -0.05) is 49.7 Å². The van der Waals surface area contributed by atoms with Gasteiger partial charge in [-0.15, -0.1) is 0 Å². The molecule has 0 aliphatic heterocycles. The van der Waals surface area contributed by atoms with E-state index in [1.165, 1.54) is 17.0 Å². The van der Waals surface area contributed by atoms with Crippen molar-refractivity contribution in [3.05, 3.63) is 58.6 Å². The molecule has 3 N–H and O–H groups in total. The Hall–Kier alpha value is -3.26. The second kappa shape index (κ2) is 12.3. The minimum absolute atomic E-state index is 0.0268. The van der Waals surface area contributed by atoms with Crippen LogP contribution in [0.5, 0.6) is 5.75 Å². The average molecular weight is 532 g/mol. The fourth-order valence-corrected chi connectivity index (χ4v) is 4.13. The van der Waals surface area contributed by atoms with Crippen molar-refractivity contribution in [2.45, 2.75) is 79.1 Å². The third-order valence-electron chi connectivity index (χ3n) is 5.62. The van der Waals surface area contributed by atoms with E-state index in [1.54, 1.807) is 72.7 Å². The van der Waals surface area contributed by atoms with Crippen molar-refractivity contribution in [3.63, 3.8) is 0 Å². The molecule has 8 nitrogen and oxygen atoms in total. The number of carbonyl (C=O) groups excluding carboxylic acids is 3. The molecular formula is C28H38ClN3O5. The number of alkyl carbamates (subject to hydrolysis) is 1. The van der Waals surface area contributed by atoms with Gasteiger partial charge in [-0.05, 0) is 76.8 Å². The number of phenolic OH excluding ortho intramolecular Hbond substituents is 1. The van der Waals surface area contributed by atoms with E-state index in [0.29, 0.717) is 16.3 Å². The number of aromatic hydroxyl groups is 1. The number of anilines is 1. The Labute approximate surface area is 224 Å². The van der Waals surface area contributed by atoms with Crippen LogP contribution in [0.3, 0.4) is 0 Å². The van der Waals surface area contributed by atoms with Crippen molar-refractivity contribution in [3.8, 4) is 5.75 Å². The van der Waals surface area contributed by atoms with Gasteiger partial charge in [0.05, 0.1) is 10.7 Å². The van der Waals surface area contributed by atoms with E-state index in [9.17, 15) is 19.5 Å². The summed E-state index contributed by atoms with van der Waals surface area (Å²) < 4.78 is 5.38. The highest BCUT2D eigenvalue weighted by molar-refractivity contribution is 6.34. The summed E-state index contributed by atoms with van der Waals surface area (Å²) in [6.07, 6.45) is -0.722. The van der Waals surface area contributed by atoms with Gasteiger partial charge in [-0.3, -0.25) is 9.59 Å². The van der Waals surface area contributed by atoms with Crippen LogP contribution in [0.1, 0.15) is 65.6 Å². The zero-order valence-corrected chi connectivity index (χ0v) is 23.5. The lowest BCUT2D eigenvalue weighted by Gasteiger charge is -2.38. The van der Waals surface area contributed by atoms with E-state index in [0.717, 1.165) is 5.56 Å². The van der Waals surface area contributed by atoms with Crippen LogP contribution in [0.2, 0.25) is 5.02 Å². The van der Waals surface area contributed by atoms with Gasteiger partial charge in [0, 0.05) is 6.04 Å². The molecule has 0 radical (unpaired) electrons. The molecule has 2 atom stereocenters. The van der Waals surface area contributed by atoms with Crippen molar-refractivity contribution < 1.29 is 24.2 Å². The van der Waals surface area contributed by atoms with Crippen LogP contribution in [0.4, 0.5) is 10.5 Å². The smallest absolute Gasteiger partial charge is 0.408 e. The third-order valence-corrected chi connectivity index (χ3v) is 5.94. The van der Waals surface area contributed by atoms with Crippen LogP contribution in [0, 0.1) is 12.8 Å². The van der Waals surface area contributed by atoms with Gasteiger partial charge in [0.25, 0.3) is 5.91 Å². The number of phenols is 1. The average Bonchev–Trinajstić information content (AvgIpc) is 2.77. The summed E-state index contributed by atoms with van der Waals surface area (Å²) in [5.74, 6) is -1.20. The van der Waals surface area contributed by atoms with Crippen molar-refractivity contribution >= 4 is 35.2 Å². The molecule has 0 fully saturated rings. The zero-order chi connectivity index (χ0) is 28.1. The minimum atomic E-state index is -1.08. The molecule has 0 aliphatic rings. The molecule has 202 valence electrons. The van der Waals surface area contributed by atoms with Gasteiger partial charge in [0.15, 0.2) is 0 Å². The first kappa shape index (κ1) is 30.0. The number of amides is 3. The fraction of sp³-hybridized carbons (Fsp3) is 0.464. The van der Waals surface area contributed by atoms with Crippen molar-refractivity contribution in [1.29, 1.82) is 0 Å². The Bertz CT molecular complexity index is 1090. The molecule has 37 heavy (non-hydrogen) atoms. The largest absolute Gasteiger partial charge is 0.508 e. The first-order valence-electron chi connectivity index (χ1n) is 12.3. The molecule has 9 heteroatoms. The number of rotatable bonds is 8. The predicted octanol–water partition coefficient (Wildman–Crippen LogP) is 5.82. The van der Waals surface area contributed by atoms with Crippen molar-refractivity contribution in [2.24, 2.45) is 5.92 Å². The molecule has 0 saturated heterocycles. The maximum atomic E-state index is 14.0. The molecule has 2 aromatic rings. The summed E-state index contributed by atoms with van der Waals surface area (Å²) in [5, 5.41) is 15.8. The Morgan fingerprint density at radius 2 is 1.59 bits per heavy atom.